The predicted octanol–water partition coefficient (Wildman–Crippen LogP) is 3.96. The number of anilines is 1. The maximum absolute atomic E-state index is 12.5. The van der Waals surface area contributed by atoms with Gasteiger partial charge in [-0.25, -0.2) is 4.79 Å². The first-order chi connectivity index (χ1) is 15.0. The van der Waals surface area contributed by atoms with Crippen molar-refractivity contribution >= 4 is 50.3 Å². The molecule has 2 N–H and O–H groups in total. The maximum atomic E-state index is 12.5. The summed E-state index contributed by atoms with van der Waals surface area (Å²) in [4.78, 5) is 42.0. The average Bonchev–Trinajstić information content (AvgIpc) is 3.15. The van der Waals surface area contributed by atoms with E-state index in [9.17, 15) is 14.4 Å². The van der Waals surface area contributed by atoms with Crippen LogP contribution in [0.15, 0.2) is 59.1 Å². The van der Waals surface area contributed by atoms with E-state index < -0.39 is 5.97 Å². The zero-order valence-corrected chi connectivity index (χ0v) is 18.4. The van der Waals surface area contributed by atoms with Crippen molar-refractivity contribution in [3.63, 3.8) is 0 Å². The number of amides is 2. The van der Waals surface area contributed by atoms with Crippen molar-refractivity contribution in [3.8, 4) is 0 Å². The van der Waals surface area contributed by atoms with Crippen LogP contribution in [0.3, 0.4) is 0 Å². The summed E-state index contributed by atoms with van der Waals surface area (Å²) >= 11 is 3.41. The van der Waals surface area contributed by atoms with E-state index in [-0.39, 0.29) is 30.0 Å². The molecule has 160 valence electrons. The second-order valence-corrected chi connectivity index (χ2v) is 8.24. The quantitative estimate of drug-likeness (QED) is 0.537. The summed E-state index contributed by atoms with van der Waals surface area (Å²) in [6.07, 6.45) is 1.15. The number of nitrogens with one attached hydrogen (secondary N) is 2. The molecule has 2 aromatic carbocycles. The molecule has 31 heavy (non-hydrogen) atoms. The Bertz CT molecular complexity index is 1100. The number of aromatic amines is 1. The van der Waals surface area contributed by atoms with Crippen molar-refractivity contribution in [1.29, 1.82) is 0 Å². The van der Waals surface area contributed by atoms with E-state index in [0.717, 1.165) is 16.6 Å². The van der Waals surface area contributed by atoms with Crippen LogP contribution in [0.5, 0.6) is 0 Å². The predicted molar refractivity (Wildman–Crippen MR) is 121 cm³/mol. The lowest BCUT2D eigenvalue weighted by Gasteiger charge is -2.31. The van der Waals surface area contributed by atoms with E-state index in [1.165, 1.54) is 0 Å². The Balaban J connectivity index is 1.26. The van der Waals surface area contributed by atoms with Crippen molar-refractivity contribution in [2.24, 2.45) is 5.92 Å². The number of rotatable bonds is 5. The Labute approximate surface area is 187 Å². The summed E-state index contributed by atoms with van der Waals surface area (Å²) < 4.78 is 5.85. The number of fused-ring (bicyclic) bond motifs is 1. The number of ether oxygens (including phenoxy) is 1. The standard InChI is InChI=1S/C23H22BrN3O4/c24-20-17-8-4-5-9-18(17)26-21(20)23(30)31-14-19(28)27-12-10-15(11-13-27)22(29)25-16-6-2-1-3-7-16/h1-9,15,26H,10-14H2,(H,25,29). The van der Waals surface area contributed by atoms with Gasteiger partial charge in [0, 0.05) is 35.6 Å². The number of para-hydroxylation sites is 2. The number of esters is 1. The second kappa shape index (κ2) is 9.34. The molecule has 1 fully saturated rings. The van der Waals surface area contributed by atoms with Crippen LogP contribution in [0, 0.1) is 5.92 Å². The number of carbonyl (C=O) groups is 3. The molecule has 0 radical (unpaired) electrons. The van der Waals surface area contributed by atoms with Crippen molar-refractivity contribution in [2.45, 2.75) is 12.8 Å². The molecule has 0 spiro atoms. The number of hydrogen-bond donors (Lipinski definition) is 2. The molecular formula is C23H22BrN3O4. The summed E-state index contributed by atoms with van der Waals surface area (Å²) in [7, 11) is 0. The Kier molecular flexibility index (Phi) is 6.36. The minimum absolute atomic E-state index is 0.0339. The molecule has 1 saturated heterocycles. The lowest BCUT2D eigenvalue weighted by atomic mass is 9.95. The van der Waals surface area contributed by atoms with Gasteiger partial charge in [0.15, 0.2) is 6.61 Å². The number of hydrogen-bond acceptors (Lipinski definition) is 4. The normalized spacial score (nSPS) is 14.4. The van der Waals surface area contributed by atoms with E-state index in [1.807, 2.05) is 54.6 Å². The van der Waals surface area contributed by atoms with Crippen LogP contribution in [0.4, 0.5) is 5.69 Å². The molecule has 1 aliphatic heterocycles. The largest absolute Gasteiger partial charge is 0.451 e. The first kappa shape index (κ1) is 21.1. The van der Waals surface area contributed by atoms with Crippen LogP contribution in [-0.4, -0.2) is 47.4 Å². The molecule has 0 aliphatic carbocycles. The van der Waals surface area contributed by atoms with Gasteiger partial charge in [0.25, 0.3) is 5.91 Å². The fourth-order valence-corrected chi connectivity index (χ4v) is 4.30. The lowest BCUT2D eigenvalue weighted by molar-refractivity contribution is -0.137. The topological polar surface area (TPSA) is 91.5 Å². The zero-order chi connectivity index (χ0) is 21.8. The fraction of sp³-hybridized carbons (Fsp3) is 0.261. The van der Waals surface area contributed by atoms with Gasteiger partial charge in [-0.05, 0) is 47.0 Å². The highest BCUT2D eigenvalue weighted by atomic mass is 79.9. The number of carbonyl (C=O) groups excluding carboxylic acids is 3. The lowest BCUT2D eigenvalue weighted by Crippen LogP contribution is -2.43. The number of halogens is 1. The van der Waals surface area contributed by atoms with Gasteiger partial charge in [0.05, 0.1) is 4.47 Å². The van der Waals surface area contributed by atoms with Gasteiger partial charge in [-0.2, -0.15) is 0 Å². The van der Waals surface area contributed by atoms with Crippen LogP contribution in [0.2, 0.25) is 0 Å². The highest BCUT2D eigenvalue weighted by Gasteiger charge is 2.28. The molecule has 2 amide bonds. The number of piperidine rings is 1. The SMILES string of the molecule is O=C(OCC(=O)N1CCC(C(=O)Nc2ccccc2)CC1)c1[nH]c2ccccc2c1Br. The highest BCUT2D eigenvalue weighted by molar-refractivity contribution is 9.10. The minimum atomic E-state index is -0.589. The summed E-state index contributed by atoms with van der Waals surface area (Å²) in [5, 5.41) is 3.78. The third-order valence-corrected chi connectivity index (χ3v) is 6.26. The summed E-state index contributed by atoms with van der Waals surface area (Å²) in [5.41, 5.74) is 1.86. The van der Waals surface area contributed by atoms with Gasteiger partial charge in [-0.15, -0.1) is 0 Å². The van der Waals surface area contributed by atoms with E-state index in [4.69, 9.17) is 4.74 Å². The Morgan fingerprint density at radius 1 is 1.03 bits per heavy atom. The first-order valence-electron chi connectivity index (χ1n) is 10.1. The molecule has 8 heteroatoms. The average molecular weight is 484 g/mol. The molecule has 1 aliphatic rings. The number of aromatic nitrogens is 1. The van der Waals surface area contributed by atoms with E-state index >= 15 is 0 Å². The van der Waals surface area contributed by atoms with Gasteiger partial charge in [-0.1, -0.05) is 36.4 Å². The molecule has 3 aromatic rings. The summed E-state index contributed by atoms with van der Waals surface area (Å²) in [6, 6.07) is 16.8. The molecule has 7 nitrogen and oxygen atoms in total. The van der Waals surface area contributed by atoms with Crippen molar-refractivity contribution in [3.05, 3.63) is 64.8 Å². The number of benzene rings is 2. The third-order valence-electron chi connectivity index (χ3n) is 5.43. The number of H-pyrrole nitrogens is 1. The Morgan fingerprint density at radius 3 is 2.42 bits per heavy atom. The molecule has 2 heterocycles. The molecule has 0 unspecified atom stereocenters. The first-order valence-corrected chi connectivity index (χ1v) is 10.9. The second-order valence-electron chi connectivity index (χ2n) is 7.45. The summed E-state index contributed by atoms with van der Waals surface area (Å²) in [6.45, 7) is 0.584. The zero-order valence-electron chi connectivity index (χ0n) is 16.8. The molecule has 4 rings (SSSR count). The van der Waals surface area contributed by atoms with Crippen molar-refractivity contribution in [2.75, 3.05) is 25.0 Å². The maximum Gasteiger partial charge on any atom is 0.356 e. The molecule has 0 saturated carbocycles. The third kappa shape index (κ3) is 4.80. The highest BCUT2D eigenvalue weighted by Crippen LogP contribution is 2.28. The monoisotopic (exact) mass is 483 g/mol. The fourth-order valence-electron chi connectivity index (χ4n) is 3.70. The Hall–Kier alpha value is -3.13. The molecular weight excluding hydrogens is 462 g/mol. The van der Waals surface area contributed by atoms with Crippen LogP contribution in [-0.2, 0) is 14.3 Å². The minimum Gasteiger partial charge on any atom is -0.451 e. The van der Waals surface area contributed by atoms with Gasteiger partial charge >= 0.3 is 5.97 Å². The molecule has 1 aromatic heterocycles. The van der Waals surface area contributed by atoms with Crippen molar-refractivity contribution < 1.29 is 19.1 Å². The van der Waals surface area contributed by atoms with Gasteiger partial charge in [0.2, 0.25) is 5.91 Å². The van der Waals surface area contributed by atoms with E-state index in [0.29, 0.717) is 30.4 Å². The molecule has 0 atom stereocenters. The van der Waals surface area contributed by atoms with Crippen LogP contribution < -0.4 is 5.32 Å². The number of likely N-dealkylation sites (tertiary alicyclic amines) is 1. The van der Waals surface area contributed by atoms with Crippen LogP contribution in [0.25, 0.3) is 10.9 Å². The molecule has 0 bridgehead atoms. The van der Waals surface area contributed by atoms with Crippen LogP contribution >= 0.6 is 15.9 Å². The number of nitrogens with zero attached hydrogens (tertiary/aromatic N) is 1. The van der Waals surface area contributed by atoms with Gasteiger partial charge in [0.1, 0.15) is 5.69 Å². The van der Waals surface area contributed by atoms with Gasteiger partial charge < -0.3 is 19.9 Å². The Morgan fingerprint density at radius 2 is 1.71 bits per heavy atom. The smallest absolute Gasteiger partial charge is 0.356 e. The summed E-state index contributed by atoms with van der Waals surface area (Å²) in [5.74, 6) is -1.03. The van der Waals surface area contributed by atoms with Crippen LogP contribution in [0.1, 0.15) is 23.3 Å². The van der Waals surface area contributed by atoms with E-state index in [1.54, 1.807) is 4.90 Å². The van der Waals surface area contributed by atoms with Crippen molar-refractivity contribution in [1.82, 2.24) is 9.88 Å². The van der Waals surface area contributed by atoms with E-state index in [2.05, 4.69) is 26.2 Å². The van der Waals surface area contributed by atoms with Gasteiger partial charge in [-0.3, -0.25) is 9.59 Å².